The van der Waals surface area contributed by atoms with Crippen molar-refractivity contribution in [3.63, 3.8) is 0 Å². The highest BCUT2D eigenvalue weighted by Gasteiger charge is 2.41. The first-order valence-electron chi connectivity index (χ1n) is 9.40. The smallest absolute Gasteiger partial charge is 0.272 e. The Labute approximate surface area is 175 Å². The Hall–Kier alpha value is -2.57. The molecule has 0 aliphatic carbocycles. The van der Waals surface area contributed by atoms with Gasteiger partial charge in [-0.25, -0.2) is 4.90 Å². The first-order valence-corrected chi connectivity index (χ1v) is 10.4. The normalized spacial score (nSPS) is 14.7. The fourth-order valence-electron chi connectivity index (χ4n) is 3.22. The van der Waals surface area contributed by atoms with E-state index in [9.17, 15) is 14.7 Å². The molecule has 152 valence electrons. The van der Waals surface area contributed by atoms with Gasteiger partial charge >= 0.3 is 0 Å². The quantitative estimate of drug-likeness (QED) is 0.728. The molecule has 0 aromatic heterocycles. The Kier molecular flexibility index (Phi) is 6.15. The molecule has 1 heterocycles. The third-order valence-electron chi connectivity index (χ3n) is 4.75. The number of methoxy groups -OCH3 is 1. The molecule has 2 amide bonds. The maximum absolute atomic E-state index is 13.4. The number of para-hydroxylation sites is 1. The standard InChI is InChI=1S/C23H25NO4S/c1-23(2,3)15-9-11-16(12-10-15)24-21(26)19(20(22(24)27)29-14-13-25)17-7-5-6-8-18(17)28-4/h5-12,25H,13-14H2,1-4H3. The van der Waals surface area contributed by atoms with Crippen molar-refractivity contribution in [2.24, 2.45) is 0 Å². The van der Waals surface area contributed by atoms with Gasteiger partial charge in [-0.15, -0.1) is 11.8 Å². The van der Waals surface area contributed by atoms with Crippen molar-refractivity contribution >= 4 is 34.8 Å². The SMILES string of the molecule is COc1ccccc1C1=C(SCCO)C(=O)N(c2ccc(C(C)(C)C)cc2)C1=O. The molecule has 29 heavy (non-hydrogen) atoms. The zero-order valence-corrected chi connectivity index (χ0v) is 17.9. The van der Waals surface area contributed by atoms with Crippen LogP contribution in [0.5, 0.6) is 5.75 Å². The van der Waals surface area contributed by atoms with Crippen molar-refractivity contribution in [3.05, 3.63) is 64.6 Å². The number of nitrogens with zero attached hydrogens (tertiary/aromatic N) is 1. The van der Waals surface area contributed by atoms with Crippen LogP contribution in [0.1, 0.15) is 31.9 Å². The molecule has 0 spiro atoms. The highest BCUT2D eigenvalue weighted by atomic mass is 32.2. The Morgan fingerprint density at radius 1 is 1.00 bits per heavy atom. The number of ether oxygens (including phenoxy) is 1. The number of hydrogen-bond acceptors (Lipinski definition) is 5. The number of thioether (sulfide) groups is 1. The lowest BCUT2D eigenvalue weighted by molar-refractivity contribution is -0.119. The van der Waals surface area contributed by atoms with Crippen LogP contribution in [0.2, 0.25) is 0 Å². The van der Waals surface area contributed by atoms with Crippen LogP contribution in [0.4, 0.5) is 5.69 Å². The van der Waals surface area contributed by atoms with E-state index in [1.165, 1.54) is 23.8 Å². The number of anilines is 1. The molecule has 3 rings (SSSR count). The van der Waals surface area contributed by atoms with Gasteiger partial charge in [0.1, 0.15) is 5.75 Å². The molecule has 6 heteroatoms. The third kappa shape index (κ3) is 4.09. The zero-order valence-electron chi connectivity index (χ0n) is 17.1. The number of rotatable bonds is 6. The van der Waals surface area contributed by atoms with E-state index in [1.807, 2.05) is 18.2 Å². The van der Waals surface area contributed by atoms with Gasteiger partial charge < -0.3 is 9.84 Å². The van der Waals surface area contributed by atoms with E-state index in [0.29, 0.717) is 33.2 Å². The van der Waals surface area contributed by atoms with E-state index >= 15 is 0 Å². The van der Waals surface area contributed by atoms with Crippen LogP contribution in [0, 0.1) is 0 Å². The van der Waals surface area contributed by atoms with Crippen molar-refractivity contribution in [2.75, 3.05) is 24.4 Å². The molecule has 0 bridgehead atoms. The summed E-state index contributed by atoms with van der Waals surface area (Å²) < 4.78 is 5.41. The summed E-state index contributed by atoms with van der Waals surface area (Å²) >= 11 is 1.19. The van der Waals surface area contributed by atoms with Gasteiger partial charge in [0.15, 0.2) is 0 Å². The van der Waals surface area contributed by atoms with Crippen LogP contribution in [0.25, 0.3) is 5.57 Å². The monoisotopic (exact) mass is 411 g/mol. The van der Waals surface area contributed by atoms with Crippen molar-refractivity contribution in [1.29, 1.82) is 0 Å². The van der Waals surface area contributed by atoms with Gasteiger partial charge in [0, 0.05) is 11.3 Å². The summed E-state index contributed by atoms with van der Waals surface area (Å²) in [7, 11) is 1.53. The molecule has 0 saturated heterocycles. The first-order chi connectivity index (χ1) is 13.8. The number of amides is 2. The fraction of sp³-hybridized carbons (Fsp3) is 0.304. The van der Waals surface area contributed by atoms with E-state index in [-0.39, 0.29) is 23.8 Å². The van der Waals surface area contributed by atoms with Gasteiger partial charge in [-0.3, -0.25) is 9.59 Å². The summed E-state index contributed by atoms with van der Waals surface area (Å²) in [4.78, 5) is 28.1. The number of carbonyl (C=O) groups excluding carboxylic acids is 2. The van der Waals surface area contributed by atoms with Crippen molar-refractivity contribution in [2.45, 2.75) is 26.2 Å². The summed E-state index contributed by atoms with van der Waals surface area (Å²) in [5.41, 5.74) is 2.50. The second-order valence-corrected chi connectivity index (χ2v) is 8.82. The predicted octanol–water partition coefficient (Wildman–Crippen LogP) is 4.00. The number of aliphatic hydroxyl groups excluding tert-OH is 1. The average Bonchev–Trinajstić information content (AvgIpc) is 2.95. The van der Waals surface area contributed by atoms with Gasteiger partial charge in [0.05, 0.1) is 29.9 Å². The second-order valence-electron chi connectivity index (χ2n) is 7.72. The summed E-state index contributed by atoms with van der Waals surface area (Å²) in [6, 6.07) is 14.6. The largest absolute Gasteiger partial charge is 0.496 e. The Morgan fingerprint density at radius 3 is 2.24 bits per heavy atom. The topological polar surface area (TPSA) is 66.8 Å². The lowest BCUT2D eigenvalue weighted by Crippen LogP contribution is -2.31. The summed E-state index contributed by atoms with van der Waals surface area (Å²) in [6.07, 6.45) is 0. The Bertz CT molecular complexity index is 958. The number of aliphatic hydroxyl groups is 1. The molecule has 2 aromatic rings. The van der Waals surface area contributed by atoms with Crippen LogP contribution < -0.4 is 9.64 Å². The molecule has 0 radical (unpaired) electrons. The average molecular weight is 412 g/mol. The Balaban J connectivity index is 2.06. The van der Waals surface area contributed by atoms with Crippen molar-refractivity contribution < 1.29 is 19.4 Å². The number of benzene rings is 2. The summed E-state index contributed by atoms with van der Waals surface area (Å²) in [5, 5.41) is 9.25. The minimum atomic E-state index is -0.386. The molecule has 2 aromatic carbocycles. The van der Waals surface area contributed by atoms with Gasteiger partial charge in [-0.2, -0.15) is 0 Å². The van der Waals surface area contributed by atoms with Gasteiger partial charge in [0.2, 0.25) is 0 Å². The molecule has 1 N–H and O–H groups in total. The maximum Gasteiger partial charge on any atom is 0.272 e. The number of carbonyl (C=O) groups is 2. The van der Waals surface area contributed by atoms with E-state index < -0.39 is 0 Å². The molecule has 0 unspecified atom stereocenters. The van der Waals surface area contributed by atoms with Crippen molar-refractivity contribution in [3.8, 4) is 5.75 Å². The number of hydrogen-bond donors (Lipinski definition) is 1. The highest BCUT2D eigenvalue weighted by molar-refractivity contribution is 8.04. The summed E-state index contributed by atoms with van der Waals surface area (Å²) in [5.74, 6) is 0.0843. The van der Waals surface area contributed by atoms with E-state index in [4.69, 9.17) is 4.74 Å². The lowest BCUT2D eigenvalue weighted by Gasteiger charge is -2.21. The van der Waals surface area contributed by atoms with Gasteiger partial charge in [0.25, 0.3) is 11.8 Å². The van der Waals surface area contributed by atoms with Crippen LogP contribution in [-0.4, -0.2) is 36.4 Å². The summed E-state index contributed by atoms with van der Waals surface area (Å²) in [6.45, 7) is 6.24. The molecule has 5 nitrogen and oxygen atoms in total. The van der Waals surface area contributed by atoms with Gasteiger partial charge in [-0.1, -0.05) is 51.1 Å². The molecular weight excluding hydrogens is 386 g/mol. The molecule has 0 fully saturated rings. The van der Waals surface area contributed by atoms with Crippen LogP contribution >= 0.6 is 11.8 Å². The van der Waals surface area contributed by atoms with E-state index in [2.05, 4.69) is 20.8 Å². The van der Waals surface area contributed by atoms with Crippen LogP contribution in [0.3, 0.4) is 0 Å². The molecule has 0 atom stereocenters. The third-order valence-corrected chi connectivity index (χ3v) is 5.80. The second kappa shape index (κ2) is 8.43. The minimum Gasteiger partial charge on any atom is -0.496 e. The predicted molar refractivity (Wildman–Crippen MR) is 117 cm³/mol. The molecular formula is C23H25NO4S. The first kappa shape index (κ1) is 21.1. The fourth-order valence-corrected chi connectivity index (χ4v) is 4.08. The Morgan fingerprint density at radius 2 is 1.66 bits per heavy atom. The molecule has 0 saturated carbocycles. The lowest BCUT2D eigenvalue weighted by atomic mass is 9.87. The number of imide groups is 1. The molecule has 1 aliphatic heterocycles. The van der Waals surface area contributed by atoms with Crippen LogP contribution in [-0.2, 0) is 15.0 Å². The van der Waals surface area contributed by atoms with Gasteiger partial charge in [-0.05, 0) is 29.2 Å². The van der Waals surface area contributed by atoms with E-state index in [0.717, 1.165) is 5.56 Å². The maximum atomic E-state index is 13.4. The zero-order chi connectivity index (χ0) is 21.2. The highest BCUT2D eigenvalue weighted by Crippen LogP contribution is 2.41. The van der Waals surface area contributed by atoms with E-state index in [1.54, 1.807) is 30.3 Å². The minimum absolute atomic E-state index is 0.0273. The van der Waals surface area contributed by atoms with Crippen molar-refractivity contribution in [1.82, 2.24) is 0 Å². The van der Waals surface area contributed by atoms with Crippen LogP contribution in [0.15, 0.2) is 53.4 Å². The molecule has 1 aliphatic rings.